The largest absolute Gasteiger partial charge is 0.465 e. The zero-order chi connectivity index (χ0) is 19.1. The number of rotatable bonds is 5. The predicted molar refractivity (Wildman–Crippen MR) is 107 cm³/mol. The van der Waals surface area contributed by atoms with E-state index in [0.717, 1.165) is 56.6 Å². The van der Waals surface area contributed by atoms with E-state index in [0.29, 0.717) is 5.92 Å². The number of benzene rings is 1. The normalized spacial score (nSPS) is 22.0. The van der Waals surface area contributed by atoms with Gasteiger partial charge in [-0.05, 0) is 24.6 Å². The van der Waals surface area contributed by atoms with Gasteiger partial charge in [-0.3, -0.25) is 9.80 Å². The maximum atomic E-state index is 5.78. The highest BCUT2D eigenvalue weighted by Crippen LogP contribution is 2.49. The van der Waals surface area contributed by atoms with E-state index in [1.54, 1.807) is 0 Å². The summed E-state index contributed by atoms with van der Waals surface area (Å²) in [5.74, 6) is 3.57. The predicted octanol–water partition coefficient (Wildman–Crippen LogP) is 2.82. The minimum atomic E-state index is 0.247. The van der Waals surface area contributed by atoms with E-state index in [1.807, 2.05) is 19.3 Å². The van der Waals surface area contributed by atoms with E-state index in [-0.39, 0.29) is 5.41 Å². The highest BCUT2D eigenvalue weighted by Gasteiger charge is 2.55. The standard InChI is InChI=1S/C22H27N5O/c1-17-8-9-19(28-17)11-27-14-22(15-27)13-26(10-18-6-4-3-5-7-18)12-20(22)21-24-23-16-25(21)2/h3-9,16,20H,10-15H2,1-2H3. The molecule has 0 bridgehead atoms. The molecule has 2 aliphatic rings. The number of hydrogen-bond acceptors (Lipinski definition) is 5. The first kappa shape index (κ1) is 17.6. The fourth-order valence-electron chi connectivity index (χ4n) is 5.06. The molecule has 3 aromatic rings. The molecule has 1 atom stereocenters. The second kappa shape index (κ2) is 6.87. The smallest absolute Gasteiger partial charge is 0.137 e. The molecule has 6 nitrogen and oxygen atoms in total. The fraction of sp³-hybridized carbons (Fsp3) is 0.455. The van der Waals surface area contributed by atoms with Gasteiger partial charge in [0, 0.05) is 51.1 Å². The van der Waals surface area contributed by atoms with E-state index in [2.05, 4.69) is 68.0 Å². The van der Waals surface area contributed by atoms with Crippen molar-refractivity contribution in [3.05, 3.63) is 71.7 Å². The molecule has 2 saturated heterocycles. The molecule has 1 unspecified atom stereocenters. The minimum Gasteiger partial charge on any atom is -0.465 e. The molecule has 0 N–H and O–H groups in total. The van der Waals surface area contributed by atoms with Crippen molar-refractivity contribution in [1.29, 1.82) is 0 Å². The van der Waals surface area contributed by atoms with E-state index in [9.17, 15) is 0 Å². The zero-order valence-electron chi connectivity index (χ0n) is 16.6. The van der Waals surface area contributed by atoms with Gasteiger partial charge in [0.2, 0.25) is 0 Å². The van der Waals surface area contributed by atoms with Crippen LogP contribution in [0.4, 0.5) is 0 Å². The molecule has 146 valence electrons. The summed E-state index contributed by atoms with van der Waals surface area (Å²) in [6, 6.07) is 14.9. The molecule has 5 rings (SSSR count). The highest BCUT2D eigenvalue weighted by molar-refractivity contribution is 5.20. The van der Waals surface area contributed by atoms with Gasteiger partial charge in [0.15, 0.2) is 0 Å². The second-order valence-corrected chi connectivity index (χ2v) is 8.53. The van der Waals surface area contributed by atoms with E-state index in [1.165, 1.54) is 5.56 Å². The fourth-order valence-corrected chi connectivity index (χ4v) is 5.06. The average molecular weight is 377 g/mol. The third kappa shape index (κ3) is 3.16. The third-order valence-corrected chi connectivity index (χ3v) is 6.28. The molecule has 6 heteroatoms. The van der Waals surface area contributed by atoms with Crippen LogP contribution in [0.1, 0.15) is 28.8 Å². The molecule has 2 aromatic heterocycles. The minimum absolute atomic E-state index is 0.247. The summed E-state index contributed by atoms with van der Waals surface area (Å²) < 4.78 is 7.87. The molecule has 28 heavy (non-hydrogen) atoms. The van der Waals surface area contributed by atoms with Crippen molar-refractivity contribution >= 4 is 0 Å². The van der Waals surface area contributed by atoms with Crippen LogP contribution in [0.25, 0.3) is 0 Å². The van der Waals surface area contributed by atoms with Gasteiger partial charge in [0.25, 0.3) is 0 Å². The SMILES string of the molecule is Cc1ccc(CN2CC3(CN(Cc4ccccc4)CC3c3nncn3C)C2)o1. The van der Waals surface area contributed by atoms with Gasteiger partial charge in [-0.15, -0.1) is 10.2 Å². The second-order valence-electron chi connectivity index (χ2n) is 8.53. The maximum absolute atomic E-state index is 5.78. The lowest BCUT2D eigenvalue weighted by molar-refractivity contribution is -0.0156. The van der Waals surface area contributed by atoms with E-state index < -0.39 is 0 Å². The quantitative estimate of drug-likeness (QED) is 0.684. The van der Waals surface area contributed by atoms with Gasteiger partial charge in [0.1, 0.15) is 23.7 Å². The monoisotopic (exact) mass is 377 g/mol. The number of aryl methyl sites for hydroxylation is 2. The van der Waals surface area contributed by atoms with Gasteiger partial charge in [-0.2, -0.15) is 0 Å². The molecule has 1 aromatic carbocycles. The molecule has 0 aliphatic carbocycles. The van der Waals surface area contributed by atoms with Gasteiger partial charge in [-0.1, -0.05) is 30.3 Å². The van der Waals surface area contributed by atoms with Crippen LogP contribution in [0.2, 0.25) is 0 Å². The summed E-state index contributed by atoms with van der Waals surface area (Å²) in [6.45, 7) is 8.19. The van der Waals surface area contributed by atoms with Crippen LogP contribution in [0, 0.1) is 12.3 Å². The molecular weight excluding hydrogens is 350 g/mol. The molecule has 0 saturated carbocycles. The Hall–Kier alpha value is -2.44. The Morgan fingerprint density at radius 1 is 1.04 bits per heavy atom. The van der Waals surface area contributed by atoms with Crippen LogP contribution < -0.4 is 0 Å². The first-order valence-electron chi connectivity index (χ1n) is 9.99. The number of furan rings is 1. The number of nitrogens with zero attached hydrogens (tertiary/aromatic N) is 5. The lowest BCUT2D eigenvalue weighted by Gasteiger charge is -2.50. The highest BCUT2D eigenvalue weighted by atomic mass is 16.3. The van der Waals surface area contributed by atoms with E-state index in [4.69, 9.17) is 4.42 Å². The first-order chi connectivity index (χ1) is 13.6. The van der Waals surface area contributed by atoms with Crippen LogP contribution in [-0.4, -0.2) is 50.7 Å². The maximum Gasteiger partial charge on any atom is 0.137 e. The Kier molecular flexibility index (Phi) is 4.33. The Bertz CT molecular complexity index is 941. The van der Waals surface area contributed by atoms with Gasteiger partial charge in [-0.25, -0.2) is 0 Å². The van der Waals surface area contributed by atoms with Crippen molar-refractivity contribution in [2.24, 2.45) is 12.5 Å². The Morgan fingerprint density at radius 2 is 1.82 bits per heavy atom. The van der Waals surface area contributed by atoms with Crippen molar-refractivity contribution in [2.45, 2.75) is 25.9 Å². The van der Waals surface area contributed by atoms with Crippen molar-refractivity contribution < 1.29 is 4.42 Å². The Labute approximate surface area is 165 Å². The van der Waals surface area contributed by atoms with Crippen LogP contribution >= 0.6 is 0 Å². The van der Waals surface area contributed by atoms with Crippen molar-refractivity contribution in [1.82, 2.24) is 24.6 Å². The molecule has 1 spiro atoms. The molecule has 0 radical (unpaired) electrons. The van der Waals surface area contributed by atoms with Gasteiger partial charge < -0.3 is 8.98 Å². The first-order valence-corrected chi connectivity index (χ1v) is 9.99. The summed E-state index contributed by atoms with van der Waals surface area (Å²) in [5.41, 5.74) is 1.62. The molecule has 4 heterocycles. The lowest BCUT2D eigenvalue weighted by atomic mass is 9.71. The Balaban J connectivity index is 1.33. The van der Waals surface area contributed by atoms with Crippen molar-refractivity contribution in [3.8, 4) is 0 Å². The third-order valence-electron chi connectivity index (χ3n) is 6.28. The summed E-state index contributed by atoms with van der Waals surface area (Å²) >= 11 is 0. The summed E-state index contributed by atoms with van der Waals surface area (Å²) in [6.07, 6.45) is 1.82. The van der Waals surface area contributed by atoms with Crippen LogP contribution in [0.15, 0.2) is 53.2 Å². The van der Waals surface area contributed by atoms with Gasteiger partial charge in [0.05, 0.1) is 6.54 Å². The Morgan fingerprint density at radius 3 is 2.50 bits per heavy atom. The molecular formula is C22H27N5O. The van der Waals surface area contributed by atoms with Gasteiger partial charge >= 0.3 is 0 Å². The zero-order valence-corrected chi connectivity index (χ0v) is 16.6. The van der Waals surface area contributed by atoms with Crippen molar-refractivity contribution in [3.63, 3.8) is 0 Å². The number of likely N-dealkylation sites (tertiary alicyclic amines) is 2. The summed E-state index contributed by atoms with van der Waals surface area (Å²) in [4.78, 5) is 5.08. The molecule has 0 amide bonds. The molecule has 2 aliphatic heterocycles. The van der Waals surface area contributed by atoms with E-state index >= 15 is 0 Å². The topological polar surface area (TPSA) is 50.3 Å². The van der Waals surface area contributed by atoms with Crippen LogP contribution in [-0.2, 0) is 20.1 Å². The average Bonchev–Trinajstić information content (AvgIpc) is 3.35. The lowest BCUT2D eigenvalue weighted by Crippen LogP contribution is -2.59. The van der Waals surface area contributed by atoms with Crippen molar-refractivity contribution in [2.75, 3.05) is 26.2 Å². The number of hydrogen-bond donors (Lipinski definition) is 0. The number of aromatic nitrogens is 3. The summed E-state index contributed by atoms with van der Waals surface area (Å²) in [7, 11) is 2.06. The summed E-state index contributed by atoms with van der Waals surface area (Å²) in [5, 5.41) is 8.63. The van der Waals surface area contributed by atoms with Crippen LogP contribution in [0.3, 0.4) is 0 Å². The molecule has 2 fully saturated rings. The van der Waals surface area contributed by atoms with Crippen LogP contribution in [0.5, 0.6) is 0 Å².